The molecule has 0 saturated carbocycles. The first-order valence-electron chi connectivity index (χ1n) is 5.21. The molecule has 0 radical (unpaired) electrons. The van der Waals surface area contributed by atoms with Crippen molar-refractivity contribution in [1.29, 1.82) is 5.26 Å². The predicted octanol–water partition coefficient (Wildman–Crippen LogP) is 1.50. The summed E-state index contributed by atoms with van der Waals surface area (Å²) in [4.78, 5) is 10.9. The third-order valence-electron chi connectivity index (χ3n) is 2.18. The van der Waals surface area contributed by atoms with Gasteiger partial charge >= 0.3 is 0 Å². The van der Waals surface area contributed by atoms with Gasteiger partial charge in [0.05, 0.1) is 11.6 Å². The Morgan fingerprint density at radius 3 is 3.00 bits per heavy atom. The van der Waals surface area contributed by atoms with Crippen molar-refractivity contribution in [3.8, 4) is 6.07 Å². The minimum absolute atomic E-state index is 0.0487. The lowest BCUT2D eigenvalue weighted by atomic mass is 10.2. The van der Waals surface area contributed by atoms with Crippen LogP contribution < -0.4 is 10.6 Å². The van der Waals surface area contributed by atoms with E-state index in [1.165, 1.54) is 0 Å². The van der Waals surface area contributed by atoms with Gasteiger partial charge in [0.15, 0.2) is 0 Å². The molecule has 0 aliphatic rings. The van der Waals surface area contributed by atoms with Crippen molar-refractivity contribution >= 4 is 11.6 Å². The van der Waals surface area contributed by atoms with E-state index in [0.29, 0.717) is 12.0 Å². The number of rotatable bonds is 5. The van der Waals surface area contributed by atoms with E-state index < -0.39 is 0 Å². The fraction of sp³-hybridized carbons (Fsp3) is 0.333. The summed E-state index contributed by atoms with van der Waals surface area (Å²) in [6.45, 7) is 0.725. The molecule has 0 aliphatic heterocycles. The maximum atomic E-state index is 10.9. The van der Waals surface area contributed by atoms with Crippen molar-refractivity contribution < 1.29 is 4.79 Å². The number of carbonyl (C=O) groups excluding carboxylic acids is 1. The van der Waals surface area contributed by atoms with Crippen LogP contribution in [0.25, 0.3) is 0 Å². The normalized spacial score (nSPS) is 9.25. The van der Waals surface area contributed by atoms with Crippen LogP contribution in [0.2, 0.25) is 0 Å². The molecule has 0 fully saturated rings. The zero-order chi connectivity index (χ0) is 11.8. The van der Waals surface area contributed by atoms with Crippen LogP contribution in [-0.4, -0.2) is 19.5 Å². The summed E-state index contributed by atoms with van der Waals surface area (Å²) in [6, 6.07) is 9.37. The molecule has 0 aliphatic carbocycles. The molecule has 4 nitrogen and oxygen atoms in total. The van der Waals surface area contributed by atoms with Crippen molar-refractivity contribution in [2.75, 3.05) is 18.9 Å². The molecule has 0 spiro atoms. The molecule has 1 aromatic rings. The Hall–Kier alpha value is -2.02. The van der Waals surface area contributed by atoms with E-state index in [9.17, 15) is 4.79 Å². The standard InChI is InChI=1S/C12H15N3O/c1-14-12(16)6-3-7-15-11-5-2-4-10(8-11)9-13/h2,4-5,8,15H,3,6-7H2,1H3,(H,14,16). The van der Waals surface area contributed by atoms with Crippen LogP contribution in [0.4, 0.5) is 5.69 Å². The molecular weight excluding hydrogens is 202 g/mol. The van der Waals surface area contributed by atoms with Crippen molar-refractivity contribution in [2.45, 2.75) is 12.8 Å². The average Bonchev–Trinajstić information content (AvgIpc) is 2.34. The zero-order valence-electron chi connectivity index (χ0n) is 9.29. The highest BCUT2D eigenvalue weighted by Crippen LogP contribution is 2.09. The zero-order valence-corrected chi connectivity index (χ0v) is 9.29. The Morgan fingerprint density at radius 2 is 2.31 bits per heavy atom. The van der Waals surface area contributed by atoms with Crippen LogP contribution in [0.5, 0.6) is 0 Å². The fourth-order valence-corrected chi connectivity index (χ4v) is 1.31. The largest absolute Gasteiger partial charge is 0.385 e. The van der Waals surface area contributed by atoms with Crippen LogP contribution in [0, 0.1) is 11.3 Å². The van der Waals surface area contributed by atoms with Gasteiger partial charge < -0.3 is 10.6 Å². The van der Waals surface area contributed by atoms with Crippen LogP contribution in [0.15, 0.2) is 24.3 Å². The third kappa shape index (κ3) is 4.01. The molecule has 0 heterocycles. The highest BCUT2D eigenvalue weighted by atomic mass is 16.1. The summed E-state index contributed by atoms with van der Waals surface area (Å²) in [5, 5.41) is 14.4. The van der Waals surface area contributed by atoms with Crippen LogP contribution in [0.3, 0.4) is 0 Å². The predicted molar refractivity (Wildman–Crippen MR) is 62.9 cm³/mol. The number of hydrogen-bond acceptors (Lipinski definition) is 3. The molecule has 0 aromatic heterocycles. The summed E-state index contributed by atoms with van der Waals surface area (Å²) in [7, 11) is 1.63. The van der Waals surface area contributed by atoms with Crippen molar-refractivity contribution in [3.05, 3.63) is 29.8 Å². The van der Waals surface area contributed by atoms with E-state index in [2.05, 4.69) is 16.7 Å². The number of amides is 1. The molecule has 2 N–H and O–H groups in total. The van der Waals surface area contributed by atoms with E-state index >= 15 is 0 Å². The molecule has 1 rings (SSSR count). The number of nitrogens with one attached hydrogen (secondary N) is 2. The number of nitriles is 1. The first kappa shape index (κ1) is 12.1. The maximum Gasteiger partial charge on any atom is 0.219 e. The second kappa shape index (κ2) is 6.46. The summed E-state index contributed by atoms with van der Waals surface area (Å²) in [5.74, 6) is 0.0487. The van der Waals surface area contributed by atoms with Gasteiger partial charge in [0.25, 0.3) is 0 Å². The lowest BCUT2D eigenvalue weighted by Crippen LogP contribution is -2.18. The van der Waals surface area contributed by atoms with Gasteiger partial charge in [0.1, 0.15) is 0 Å². The van der Waals surface area contributed by atoms with E-state index in [-0.39, 0.29) is 5.91 Å². The molecular formula is C12H15N3O. The van der Waals surface area contributed by atoms with Crippen LogP contribution in [0.1, 0.15) is 18.4 Å². The van der Waals surface area contributed by atoms with Gasteiger partial charge in [-0.05, 0) is 24.6 Å². The number of carbonyl (C=O) groups is 1. The van der Waals surface area contributed by atoms with Gasteiger partial charge in [-0.1, -0.05) is 6.07 Å². The van der Waals surface area contributed by atoms with E-state index in [0.717, 1.165) is 18.7 Å². The van der Waals surface area contributed by atoms with Gasteiger partial charge in [0, 0.05) is 25.7 Å². The number of benzene rings is 1. The topological polar surface area (TPSA) is 64.9 Å². The summed E-state index contributed by atoms with van der Waals surface area (Å²) in [6.07, 6.45) is 1.29. The number of hydrogen-bond donors (Lipinski definition) is 2. The second-order valence-corrected chi connectivity index (χ2v) is 3.40. The maximum absolute atomic E-state index is 10.9. The lowest BCUT2D eigenvalue weighted by molar-refractivity contribution is -0.120. The Labute approximate surface area is 95.3 Å². The average molecular weight is 217 g/mol. The minimum atomic E-state index is 0.0487. The van der Waals surface area contributed by atoms with E-state index in [1.54, 1.807) is 19.2 Å². The smallest absolute Gasteiger partial charge is 0.219 e. The summed E-state index contributed by atoms with van der Waals surface area (Å²) in [5.41, 5.74) is 1.55. The molecule has 16 heavy (non-hydrogen) atoms. The minimum Gasteiger partial charge on any atom is -0.385 e. The third-order valence-corrected chi connectivity index (χ3v) is 2.18. The Kier molecular flexibility index (Phi) is 4.87. The van der Waals surface area contributed by atoms with Crippen molar-refractivity contribution in [2.24, 2.45) is 0 Å². The molecule has 0 unspecified atom stereocenters. The highest BCUT2D eigenvalue weighted by Gasteiger charge is 1.97. The Morgan fingerprint density at radius 1 is 1.50 bits per heavy atom. The SMILES string of the molecule is CNC(=O)CCCNc1cccc(C#N)c1. The monoisotopic (exact) mass is 217 g/mol. The lowest BCUT2D eigenvalue weighted by Gasteiger charge is -2.05. The molecule has 0 bridgehead atoms. The first-order valence-corrected chi connectivity index (χ1v) is 5.21. The molecule has 84 valence electrons. The fourth-order valence-electron chi connectivity index (χ4n) is 1.31. The molecule has 1 aromatic carbocycles. The molecule has 0 saturated heterocycles. The van der Waals surface area contributed by atoms with Crippen molar-refractivity contribution in [1.82, 2.24) is 5.32 Å². The van der Waals surface area contributed by atoms with Crippen LogP contribution >= 0.6 is 0 Å². The van der Waals surface area contributed by atoms with E-state index in [4.69, 9.17) is 5.26 Å². The van der Waals surface area contributed by atoms with Gasteiger partial charge in [-0.2, -0.15) is 5.26 Å². The second-order valence-electron chi connectivity index (χ2n) is 3.40. The Balaban J connectivity index is 2.32. The number of nitrogens with zero attached hydrogens (tertiary/aromatic N) is 1. The molecule has 1 amide bonds. The highest BCUT2D eigenvalue weighted by molar-refractivity contribution is 5.75. The number of anilines is 1. The summed E-state index contributed by atoms with van der Waals surface area (Å²) >= 11 is 0. The van der Waals surface area contributed by atoms with Gasteiger partial charge in [0.2, 0.25) is 5.91 Å². The molecule has 4 heteroatoms. The summed E-state index contributed by atoms with van der Waals surface area (Å²) < 4.78 is 0. The quantitative estimate of drug-likeness (QED) is 0.734. The van der Waals surface area contributed by atoms with Gasteiger partial charge in [-0.3, -0.25) is 4.79 Å². The van der Waals surface area contributed by atoms with Crippen molar-refractivity contribution in [3.63, 3.8) is 0 Å². The molecule has 0 atom stereocenters. The van der Waals surface area contributed by atoms with E-state index in [1.807, 2.05) is 12.1 Å². The Bertz CT molecular complexity index is 395. The van der Waals surface area contributed by atoms with Gasteiger partial charge in [-0.15, -0.1) is 0 Å². The van der Waals surface area contributed by atoms with Gasteiger partial charge in [-0.25, -0.2) is 0 Å². The van der Waals surface area contributed by atoms with Crippen LogP contribution in [-0.2, 0) is 4.79 Å². The first-order chi connectivity index (χ1) is 7.76.